The molecule has 5 heteroatoms. The molecule has 0 unspecified atom stereocenters. The number of carbonyl (C=O) groups excluding carboxylic acids is 1. The highest BCUT2D eigenvalue weighted by molar-refractivity contribution is 5.76. The topological polar surface area (TPSA) is 44.8 Å². The van der Waals surface area contributed by atoms with Gasteiger partial charge >= 0.3 is 0 Å². The second-order valence-electron chi connectivity index (χ2n) is 9.11. The molecule has 4 rings (SSSR count). The van der Waals surface area contributed by atoms with Crippen molar-refractivity contribution < 1.29 is 9.53 Å². The number of hydrogen-bond acceptors (Lipinski definition) is 4. The summed E-state index contributed by atoms with van der Waals surface area (Å²) in [6.45, 7) is 5.85. The summed E-state index contributed by atoms with van der Waals surface area (Å²) >= 11 is 0. The number of unbranched alkanes of at least 4 members (excludes halogenated alkanes) is 2. The van der Waals surface area contributed by atoms with E-state index in [1.54, 1.807) is 7.11 Å². The SMILES string of the molecule is COc1ccccc1N1CCN(CCCCCC(=O)NCc2ccccc2-c2ccccc2)CC1. The van der Waals surface area contributed by atoms with Crippen LogP contribution in [0.1, 0.15) is 31.2 Å². The molecule has 0 aliphatic carbocycles. The van der Waals surface area contributed by atoms with Crippen molar-refractivity contribution in [2.75, 3.05) is 44.7 Å². The molecular formula is C30H37N3O2. The monoisotopic (exact) mass is 471 g/mol. The third-order valence-corrected chi connectivity index (χ3v) is 6.75. The summed E-state index contributed by atoms with van der Waals surface area (Å²) in [4.78, 5) is 17.4. The van der Waals surface area contributed by atoms with Gasteiger partial charge in [-0.25, -0.2) is 0 Å². The lowest BCUT2D eigenvalue weighted by Gasteiger charge is -2.36. The minimum absolute atomic E-state index is 0.137. The molecule has 0 atom stereocenters. The van der Waals surface area contributed by atoms with E-state index in [4.69, 9.17) is 4.74 Å². The number of para-hydroxylation sites is 2. The van der Waals surface area contributed by atoms with Crippen LogP contribution in [0.5, 0.6) is 5.75 Å². The summed E-state index contributed by atoms with van der Waals surface area (Å²) in [5, 5.41) is 3.11. The van der Waals surface area contributed by atoms with E-state index in [0.29, 0.717) is 13.0 Å². The van der Waals surface area contributed by atoms with Gasteiger partial charge in [-0.3, -0.25) is 9.69 Å². The maximum absolute atomic E-state index is 12.4. The Hall–Kier alpha value is -3.31. The molecule has 1 aliphatic rings. The Kier molecular flexibility index (Phi) is 9.18. The Morgan fingerprint density at radius 2 is 1.54 bits per heavy atom. The number of anilines is 1. The average Bonchev–Trinajstić information content (AvgIpc) is 2.92. The number of nitrogens with zero attached hydrogens (tertiary/aromatic N) is 2. The number of ether oxygens (including phenoxy) is 1. The van der Waals surface area contributed by atoms with Crippen LogP contribution in [-0.4, -0.2) is 50.6 Å². The van der Waals surface area contributed by atoms with Crippen molar-refractivity contribution >= 4 is 11.6 Å². The number of rotatable bonds is 11. The lowest BCUT2D eigenvalue weighted by Crippen LogP contribution is -2.46. The van der Waals surface area contributed by atoms with Crippen LogP contribution in [-0.2, 0) is 11.3 Å². The van der Waals surface area contributed by atoms with Crippen molar-refractivity contribution in [3.63, 3.8) is 0 Å². The Balaban J connectivity index is 1.12. The third kappa shape index (κ3) is 7.09. The first kappa shape index (κ1) is 24.8. The molecular weight excluding hydrogens is 434 g/mol. The van der Waals surface area contributed by atoms with Crippen LogP contribution in [0.25, 0.3) is 11.1 Å². The fourth-order valence-corrected chi connectivity index (χ4v) is 4.76. The molecule has 35 heavy (non-hydrogen) atoms. The minimum atomic E-state index is 0.137. The van der Waals surface area contributed by atoms with Crippen LogP contribution in [0.4, 0.5) is 5.69 Å². The van der Waals surface area contributed by atoms with Gasteiger partial charge in [0.25, 0.3) is 0 Å². The summed E-state index contributed by atoms with van der Waals surface area (Å²) < 4.78 is 5.52. The predicted molar refractivity (Wildman–Crippen MR) is 144 cm³/mol. The maximum atomic E-state index is 12.4. The van der Waals surface area contributed by atoms with Crippen LogP contribution in [0.15, 0.2) is 78.9 Å². The third-order valence-electron chi connectivity index (χ3n) is 6.75. The van der Waals surface area contributed by atoms with Gasteiger partial charge in [-0.2, -0.15) is 0 Å². The zero-order valence-corrected chi connectivity index (χ0v) is 20.8. The molecule has 0 radical (unpaired) electrons. The molecule has 1 fully saturated rings. The Labute approximate surface area is 209 Å². The molecule has 0 spiro atoms. The summed E-state index contributed by atoms with van der Waals surface area (Å²) in [6.07, 6.45) is 3.75. The van der Waals surface area contributed by atoms with Gasteiger partial charge in [0, 0.05) is 39.1 Å². The van der Waals surface area contributed by atoms with Crippen LogP contribution < -0.4 is 15.0 Å². The summed E-state index contributed by atoms with van der Waals surface area (Å²) in [7, 11) is 1.74. The molecule has 3 aromatic rings. The lowest BCUT2D eigenvalue weighted by atomic mass is 10.00. The van der Waals surface area contributed by atoms with Gasteiger partial charge in [-0.15, -0.1) is 0 Å². The Bertz CT molecular complexity index is 1060. The number of nitrogens with one attached hydrogen (secondary N) is 1. The van der Waals surface area contributed by atoms with Gasteiger partial charge < -0.3 is 15.0 Å². The van der Waals surface area contributed by atoms with Crippen LogP contribution in [0.3, 0.4) is 0 Å². The number of carbonyl (C=O) groups is 1. The van der Waals surface area contributed by atoms with E-state index < -0.39 is 0 Å². The lowest BCUT2D eigenvalue weighted by molar-refractivity contribution is -0.121. The smallest absolute Gasteiger partial charge is 0.220 e. The molecule has 1 saturated heterocycles. The first-order valence-electron chi connectivity index (χ1n) is 12.7. The standard InChI is InChI=1S/C30H37N3O2/c1-35-29-17-10-9-16-28(29)33-22-20-32(21-23-33)19-11-3-6-18-30(34)31-24-26-14-7-8-15-27(26)25-12-4-2-5-13-25/h2,4-5,7-10,12-17H,3,6,11,18-24H2,1H3,(H,31,34). The van der Waals surface area contributed by atoms with E-state index in [1.165, 1.54) is 16.8 Å². The normalized spacial score (nSPS) is 14.0. The van der Waals surface area contributed by atoms with Crippen LogP contribution in [0, 0.1) is 0 Å². The average molecular weight is 472 g/mol. The molecule has 1 N–H and O–H groups in total. The van der Waals surface area contributed by atoms with Gasteiger partial charge in [0.15, 0.2) is 0 Å². The highest BCUT2D eigenvalue weighted by atomic mass is 16.5. The summed E-state index contributed by atoms with van der Waals surface area (Å²) in [6, 6.07) is 26.9. The van der Waals surface area contributed by atoms with Crippen molar-refractivity contribution in [3.05, 3.63) is 84.4 Å². The number of methoxy groups -OCH3 is 1. The first-order chi connectivity index (χ1) is 17.2. The Morgan fingerprint density at radius 3 is 2.34 bits per heavy atom. The van der Waals surface area contributed by atoms with Crippen LogP contribution >= 0.6 is 0 Å². The van der Waals surface area contributed by atoms with Crippen molar-refractivity contribution in [1.29, 1.82) is 0 Å². The molecule has 1 heterocycles. The van der Waals surface area contributed by atoms with Crippen molar-refractivity contribution in [3.8, 4) is 16.9 Å². The zero-order valence-electron chi connectivity index (χ0n) is 20.8. The molecule has 184 valence electrons. The molecule has 1 amide bonds. The quantitative estimate of drug-likeness (QED) is 0.382. The van der Waals surface area contributed by atoms with Gasteiger partial charge in [-0.05, 0) is 48.2 Å². The number of benzene rings is 3. The zero-order chi connectivity index (χ0) is 24.3. The second kappa shape index (κ2) is 13.0. The maximum Gasteiger partial charge on any atom is 0.220 e. The fraction of sp³-hybridized carbons (Fsp3) is 0.367. The van der Waals surface area contributed by atoms with Gasteiger partial charge in [-0.1, -0.05) is 73.2 Å². The molecule has 0 saturated carbocycles. The van der Waals surface area contributed by atoms with Gasteiger partial charge in [0.2, 0.25) is 5.91 Å². The summed E-state index contributed by atoms with van der Waals surface area (Å²) in [5.74, 6) is 1.08. The van der Waals surface area contributed by atoms with Crippen molar-refractivity contribution in [2.24, 2.45) is 0 Å². The molecule has 1 aliphatic heterocycles. The fourth-order valence-electron chi connectivity index (χ4n) is 4.76. The van der Waals surface area contributed by atoms with E-state index in [1.807, 2.05) is 42.5 Å². The summed E-state index contributed by atoms with van der Waals surface area (Å²) in [5.41, 5.74) is 4.70. The second-order valence-corrected chi connectivity index (χ2v) is 9.11. The number of piperazine rings is 1. The molecule has 0 aromatic heterocycles. The highest BCUT2D eigenvalue weighted by Crippen LogP contribution is 2.28. The first-order valence-corrected chi connectivity index (χ1v) is 12.7. The van der Waals surface area contributed by atoms with Crippen molar-refractivity contribution in [1.82, 2.24) is 10.2 Å². The van der Waals surface area contributed by atoms with E-state index in [9.17, 15) is 4.79 Å². The Morgan fingerprint density at radius 1 is 0.829 bits per heavy atom. The van der Waals surface area contributed by atoms with E-state index in [0.717, 1.165) is 63.3 Å². The van der Waals surface area contributed by atoms with E-state index >= 15 is 0 Å². The molecule has 0 bridgehead atoms. The largest absolute Gasteiger partial charge is 0.495 e. The molecule has 3 aromatic carbocycles. The predicted octanol–water partition coefficient (Wildman–Crippen LogP) is 5.36. The number of hydrogen-bond donors (Lipinski definition) is 1. The minimum Gasteiger partial charge on any atom is -0.495 e. The van der Waals surface area contributed by atoms with E-state index in [-0.39, 0.29) is 5.91 Å². The van der Waals surface area contributed by atoms with Gasteiger partial charge in [0.05, 0.1) is 12.8 Å². The molecule has 5 nitrogen and oxygen atoms in total. The van der Waals surface area contributed by atoms with Crippen molar-refractivity contribution in [2.45, 2.75) is 32.2 Å². The van der Waals surface area contributed by atoms with E-state index in [2.05, 4.69) is 51.5 Å². The van der Waals surface area contributed by atoms with Gasteiger partial charge in [0.1, 0.15) is 5.75 Å². The number of amides is 1. The van der Waals surface area contributed by atoms with Crippen LogP contribution in [0.2, 0.25) is 0 Å². The highest BCUT2D eigenvalue weighted by Gasteiger charge is 2.19.